The van der Waals surface area contributed by atoms with Crippen LogP contribution in [0.25, 0.3) is 0 Å². The Morgan fingerprint density at radius 1 is 1.40 bits per heavy atom. The smallest absolute Gasteiger partial charge is 0.324 e. The van der Waals surface area contributed by atoms with E-state index in [1.54, 1.807) is 0 Å². The van der Waals surface area contributed by atoms with E-state index in [1.807, 2.05) is 0 Å². The van der Waals surface area contributed by atoms with Crippen LogP contribution in [0.1, 0.15) is 21.5 Å². The minimum Gasteiger partial charge on any atom is -0.324 e. The van der Waals surface area contributed by atoms with Crippen LogP contribution in [0.2, 0.25) is 0 Å². The molecule has 82 valence electrons. The fourth-order valence-electron chi connectivity index (χ4n) is 1.35. The minimum absolute atomic E-state index is 0.0346. The standard InChI is InChI=1S/C10H10F3NO/c1-6-7(9(15)5-14)3-2-4-8(6)10(11,12)13/h2-4H,5,14H2,1H3. The molecule has 0 unspecified atom stereocenters. The highest BCUT2D eigenvalue weighted by molar-refractivity contribution is 5.99. The zero-order chi connectivity index (χ0) is 11.6. The van der Waals surface area contributed by atoms with Gasteiger partial charge in [-0.1, -0.05) is 12.1 Å². The van der Waals surface area contributed by atoms with Crippen LogP contribution in [0.15, 0.2) is 18.2 Å². The molecule has 2 nitrogen and oxygen atoms in total. The molecule has 15 heavy (non-hydrogen) atoms. The minimum atomic E-state index is -4.44. The first-order valence-electron chi connectivity index (χ1n) is 4.28. The number of halogens is 3. The highest BCUT2D eigenvalue weighted by atomic mass is 19.4. The van der Waals surface area contributed by atoms with Gasteiger partial charge in [-0.15, -0.1) is 0 Å². The van der Waals surface area contributed by atoms with Gasteiger partial charge in [-0.05, 0) is 18.6 Å². The molecule has 0 saturated heterocycles. The topological polar surface area (TPSA) is 43.1 Å². The summed E-state index contributed by atoms with van der Waals surface area (Å²) in [5.41, 5.74) is 4.28. The predicted molar refractivity (Wildman–Crippen MR) is 49.6 cm³/mol. The summed E-state index contributed by atoms with van der Waals surface area (Å²) < 4.78 is 37.4. The maximum Gasteiger partial charge on any atom is 0.416 e. The molecule has 1 rings (SSSR count). The van der Waals surface area contributed by atoms with Crippen LogP contribution in [0, 0.1) is 6.92 Å². The van der Waals surface area contributed by atoms with Gasteiger partial charge in [-0.25, -0.2) is 0 Å². The van der Waals surface area contributed by atoms with Gasteiger partial charge in [0.2, 0.25) is 0 Å². The van der Waals surface area contributed by atoms with Gasteiger partial charge in [-0.2, -0.15) is 13.2 Å². The number of rotatable bonds is 2. The maximum atomic E-state index is 12.5. The molecule has 0 fully saturated rings. The molecule has 0 aliphatic carbocycles. The Balaban J connectivity index is 3.30. The first-order valence-corrected chi connectivity index (χ1v) is 4.28. The summed E-state index contributed by atoms with van der Waals surface area (Å²) in [5.74, 6) is -0.487. The molecular formula is C10H10F3NO. The lowest BCUT2D eigenvalue weighted by molar-refractivity contribution is -0.138. The fourth-order valence-corrected chi connectivity index (χ4v) is 1.35. The summed E-state index contributed by atoms with van der Waals surface area (Å²) in [7, 11) is 0. The highest BCUT2D eigenvalue weighted by Gasteiger charge is 2.33. The predicted octanol–water partition coefficient (Wildman–Crippen LogP) is 2.16. The normalized spacial score (nSPS) is 11.5. The van der Waals surface area contributed by atoms with E-state index in [4.69, 9.17) is 5.73 Å². The van der Waals surface area contributed by atoms with Crippen LogP contribution in [0.4, 0.5) is 13.2 Å². The Labute approximate surface area is 84.9 Å². The molecule has 1 aromatic rings. The van der Waals surface area contributed by atoms with E-state index < -0.39 is 17.5 Å². The van der Waals surface area contributed by atoms with Crippen molar-refractivity contribution in [3.8, 4) is 0 Å². The molecule has 0 atom stereocenters. The number of ketones is 1. The Morgan fingerprint density at radius 2 is 2.00 bits per heavy atom. The van der Waals surface area contributed by atoms with Crippen molar-refractivity contribution < 1.29 is 18.0 Å². The largest absolute Gasteiger partial charge is 0.416 e. The van der Waals surface area contributed by atoms with Crippen molar-refractivity contribution >= 4 is 5.78 Å². The van der Waals surface area contributed by atoms with Gasteiger partial charge >= 0.3 is 6.18 Å². The van der Waals surface area contributed by atoms with Crippen LogP contribution in [0.5, 0.6) is 0 Å². The second kappa shape index (κ2) is 4.02. The zero-order valence-corrected chi connectivity index (χ0v) is 8.06. The number of benzene rings is 1. The Hall–Kier alpha value is -1.36. The molecule has 0 aromatic heterocycles. The van der Waals surface area contributed by atoms with Crippen molar-refractivity contribution in [3.05, 3.63) is 34.9 Å². The number of nitrogens with two attached hydrogens (primary N) is 1. The second-order valence-electron chi connectivity index (χ2n) is 3.10. The molecule has 1 aromatic carbocycles. The van der Waals surface area contributed by atoms with Crippen molar-refractivity contribution in [2.75, 3.05) is 6.54 Å². The molecule has 2 N–H and O–H groups in total. The average Bonchev–Trinajstić information content (AvgIpc) is 2.15. The van der Waals surface area contributed by atoms with Crippen molar-refractivity contribution in [2.45, 2.75) is 13.1 Å². The van der Waals surface area contributed by atoms with Crippen LogP contribution < -0.4 is 5.73 Å². The first-order chi connectivity index (χ1) is 6.88. The maximum absolute atomic E-state index is 12.5. The molecule has 0 aliphatic heterocycles. The molecule has 0 bridgehead atoms. The molecular weight excluding hydrogens is 207 g/mol. The van der Waals surface area contributed by atoms with Gasteiger partial charge in [0, 0.05) is 5.56 Å². The lowest BCUT2D eigenvalue weighted by atomic mass is 9.99. The Morgan fingerprint density at radius 3 is 2.47 bits per heavy atom. The van der Waals surface area contributed by atoms with Crippen molar-refractivity contribution in [3.63, 3.8) is 0 Å². The van der Waals surface area contributed by atoms with E-state index in [-0.39, 0.29) is 17.7 Å². The van der Waals surface area contributed by atoms with E-state index in [9.17, 15) is 18.0 Å². The summed E-state index contributed by atoms with van der Waals surface area (Å²) in [6, 6.07) is 3.50. The van der Waals surface area contributed by atoms with Crippen molar-refractivity contribution in [1.29, 1.82) is 0 Å². The molecule has 0 heterocycles. The number of Topliss-reactive ketones (excluding diaryl/α,β-unsaturated/α-hetero) is 1. The molecule has 0 spiro atoms. The van der Waals surface area contributed by atoms with E-state index in [1.165, 1.54) is 19.1 Å². The molecule has 0 amide bonds. The average molecular weight is 217 g/mol. The summed E-state index contributed by atoms with van der Waals surface area (Å²) in [4.78, 5) is 11.2. The second-order valence-corrected chi connectivity index (χ2v) is 3.10. The van der Waals surface area contributed by atoms with Gasteiger partial charge in [0.25, 0.3) is 0 Å². The molecule has 0 saturated carbocycles. The van der Waals surface area contributed by atoms with Crippen LogP contribution >= 0.6 is 0 Å². The van der Waals surface area contributed by atoms with Crippen molar-refractivity contribution in [1.82, 2.24) is 0 Å². The molecule has 0 aliphatic rings. The van der Waals surface area contributed by atoms with Gasteiger partial charge in [0.15, 0.2) is 5.78 Å². The van der Waals surface area contributed by atoms with Crippen LogP contribution in [-0.4, -0.2) is 12.3 Å². The lowest BCUT2D eigenvalue weighted by Crippen LogP contribution is -2.17. The number of alkyl halides is 3. The number of hydrogen-bond donors (Lipinski definition) is 1. The van der Waals surface area contributed by atoms with Crippen LogP contribution in [0.3, 0.4) is 0 Å². The van der Waals surface area contributed by atoms with Crippen LogP contribution in [-0.2, 0) is 6.18 Å². The zero-order valence-electron chi connectivity index (χ0n) is 8.06. The van der Waals surface area contributed by atoms with E-state index in [0.717, 1.165) is 6.07 Å². The van der Waals surface area contributed by atoms with E-state index in [0.29, 0.717) is 0 Å². The fraction of sp³-hybridized carbons (Fsp3) is 0.300. The van der Waals surface area contributed by atoms with E-state index >= 15 is 0 Å². The monoisotopic (exact) mass is 217 g/mol. The first kappa shape index (κ1) is 11.7. The van der Waals surface area contributed by atoms with Crippen molar-refractivity contribution in [2.24, 2.45) is 5.73 Å². The van der Waals surface area contributed by atoms with Gasteiger partial charge in [0.1, 0.15) is 0 Å². The number of carbonyl (C=O) groups excluding carboxylic acids is 1. The third-order valence-electron chi connectivity index (χ3n) is 2.12. The summed E-state index contributed by atoms with van der Waals surface area (Å²) >= 11 is 0. The quantitative estimate of drug-likeness (QED) is 0.771. The third kappa shape index (κ3) is 2.36. The lowest BCUT2D eigenvalue weighted by Gasteiger charge is -2.12. The molecule has 0 radical (unpaired) electrons. The summed E-state index contributed by atoms with van der Waals surface area (Å²) in [5, 5.41) is 0. The summed E-state index contributed by atoms with van der Waals surface area (Å²) in [6.07, 6.45) is -4.44. The third-order valence-corrected chi connectivity index (χ3v) is 2.12. The SMILES string of the molecule is Cc1c(C(=O)CN)cccc1C(F)(F)F. The molecule has 5 heteroatoms. The summed E-state index contributed by atoms with van der Waals surface area (Å²) in [6.45, 7) is 0.980. The number of hydrogen-bond acceptors (Lipinski definition) is 2. The van der Waals surface area contributed by atoms with Gasteiger partial charge in [-0.3, -0.25) is 4.79 Å². The van der Waals surface area contributed by atoms with Gasteiger partial charge in [0.05, 0.1) is 12.1 Å². The number of carbonyl (C=O) groups is 1. The van der Waals surface area contributed by atoms with E-state index in [2.05, 4.69) is 0 Å². The van der Waals surface area contributed by atoms with Gasteiger partial charge < -0.3 is 5.73 Å². The highest BCUT2D eigenvalue weighted by Crippen LogP contribution is 2.32. The Kier molecular flexibility index (Phi) is 3.14. The Bertz CT molecular complexity index is 385.